The molecule has 4 nitrogen and oxygen atoms in total. The standard InChI is InChI=1S/C8H14F3NO3S/c9-8(10,11)16(14,15)12-7-3-1-6(5-13)2-4-7/h6-7,12-13H,1-5H2. The van der Waals surface area contributed by atoms with Crippen LogP contribution in [0.1, 0.15) is 25.7 Å². The third-order valence-corrected chi connectivity index (χ3v) is 3.98. The summed E-state index contributed by atoms with van der Waals surface area (Å²) in [7, 11) is -5.23. The van der Waals surface area contributed by atoms with Crippen LogP contribution in [-0.2, 0) is 10.0 Å². The zero-order valence-corrected chi connectivity index (χ0v) is 9.31. The number of alkyl halides is 3. The first-order valence-corrected chi connectivity index (χ1v) is 6.44. The lowest BCUT2D eigenvalue weighted by atomic mass is 9.87. The van der Waals surface area contributed by atoms with Crippen molar-refractivity contribution >= 4 is 10.0 Å². The van der Waals surface area contributed by atoms with Gasteiger partial charge in [-0.25, -0.2) is 13.1 Å². The van der Waals surface area contributed by atoms with Crippen molar-refractivity contribution in [3.63, 3.8) is 0 Å². The number of sulfonamides is 1. The van der Waals surface area contributed by atoms with Gasteiger partial charge in [-0.05, 0) is 31.6 Å². The monoisotopic (exact) mass is 261 g/mol. The number of hydrogen-bond donors (Lipinski definition) is 2. The predicted octanol–water partition coefficient (Wildman–Crippen LogP) is 0.977. The molecule has 1 aliphatic rings. The fraction of sp³-hybridized carbons (Fsp3) is 1.00. The number of aliphatic hydroxyl groups is 1. The molecule has 96 valence electrons. The molecular formula is C8H14F3NO3S. The first-order chi connectivity index (χ1) is 7.26. The van der Waals surface area contributed by atoms with Gasteiger partial charge in [0, 0.05) is 12.6 Å². The molecule has 1 rings (SSSR count). The Hall–Kier alpha value is -0.340. The van der Waals surface area contributed by atoms with Crippen LogP contribution in [0.5, 0.6) is 0 Å². The molecule has 16 heavy (non-hydrogen) atoms. The fourth-order valence-electron chi connectivity index (χ4n) is 1.75. The van der Waals surface area contributed by atoms with Gasteiger partial charge in [0.15, 0.2) is 0 Å². The summed E-state index contributed by atoms with van der Waals surface area (Å²) in [6.45, 7) is -0.00125. The van der Waals surface area contributed by atoms with E-state index in [1.807, 2.05) is 0 Å². The van der Waals surface area contributed by atoms with E-state index in [9.17, 15) is 21.6 Å². The van der Waals surface area contributed by atoms with Crippen LogP contribution >= 0.6 is 0 Å². The molecular weight excluding hydrogens is 247 g/mol. The van der Waals surface area contributed by atoms with Crippen molar-refractivity contribution < 1.29 is 26.7 Å². The molecule has 0 saturated heterocycles. The number of nitrogens with one attached hydrogen (secondary N) is 1. The maximum absolute atomic E-state index is 12.0. The highest BCUT2D eigenvalue weighted by Gasteiger charge is 2.46. The summed E-state index contributed by atoms with van der Waals surface area (Å²) in [6, 6.07) is -0.672. The summed E-state index contributed by atoms with van der Waals surface area (Å²) in [5, 5.41) is 8.82. The second kappa shape index (κ2) is 4.89. The average Bonchev–Trinajstić information content (AvgIpc) is 2.16. The van der Waals surface area contributed by atoms with Crippen molar-refractivity contribution in [2.75, 3.05) is 6.61 Å². The molecule has 0 aliphatic heterocycles. The Bertz CT molecular complexity index is 320. The molecule has 1 saturated carbocycles. The molecule has 0 bridgehead atoms. The molecule has 0 heterocycles. The third-order valence-electron chi connectivity index (χ3n) is 2.73. The van der Waals surface area contributed by atoms with Crippen LogP contribution in [0.15, 0.2) is 0 Å². The van der Waals surface area contributed by atoms with Gasteiger partial charge in [-0.3, -0.25) is 0 Å². The Labute approximate surface area is 91.9 Å². The van der Waals surface area contributed by atoms with E-state index in [1.165, 1.54) is 0 Å². The lowest BCUT2D eigenvalue weighted by molar-refractivity contribution is -0.0452. The first kappa shape index (κ1) is 13.7. The van der Waals surface area contributed by atoms with Crippen molar-refractivity contribution in [3.05, 3.63) is 0 Å². The molecule has 1 fully saturated rings. The molecule has 2 N–H and O–H groups in total. The van der Waals surface area contributed by atoms with Gasteiger partial charge in [-0.1, -0.05) is 0 Å². The van der Waals surface area contributed by atoms with Crippen LogP contribution < -0.4 is 4.72 Å². The van der Waals surface area contributed by atoms with Crippen molar-refractivity contribution in [1.82, 2.24) is 4.72 Å². The Balaban J connectivity index is 2.52. The Morgan fingerprint density at radius 2 is 1.69 bits per heavy atom. The molecule has 0 unspecified atom stereocenters. The highest BCUT2D eigenvalue weighted by molar-refractivity contribution is 7.90. The predicted molar refractivity (Wildman–Crippen MR) is 50.9 cm³/mol. The number of rotatable bonds is 3. The van der Waals surface area contributed by atoms with Crippen LogP contribution in [0.25, 0.3) is 0 Å². The van der Waals surface area contributed by atoms with Gasteiger partial charge in [0.2, 0.25) is 0 Å². The maximum atomic E-state index is 12.0. The lowest BCUT2D eigenvalue weighted by Crippen LogP contribution is -2.44. The summed E-state index contributed by atoms with van der Waals surface area (Å²) >= 11 is 0. The molecule has 1 aliphatic carbocycles. The fourth-order valence-corrected chi connectivity index (χ4v) is 2.56. The van der Waals surface area contributed by atoms with Gasteiger partial charge in [-0.15, -0.1) is 0 Å². The molecule has 0 spiro atoms. The zero-order valence-electron chi connectivity index (χ0n) is 8.50. The first-order valence-electron chi connectivity index (χ1n) is 4.95. The molecule has 0 aromatic heterocycles. The van der Waals surface area contributed by atoms with Gasteiger partial charge in [-0.2, -0.15) is 13.2 Å². The van der Waals surface area contributed by atoms with Crippen molar-refractivity contribution in [2.24, 2.45) is 5.92 Å². The smallest absolute Gasteiger partial charge is 0.396 e. The second-order valence-electron chi connectivity index (χ2n) is 3.97. The SMILES string of the molecule is O=S(=O)(NC1CCC(CO)CC1)C(F)(F)F. The van der Waals surface area contributed by atoms with E-state index in [1.54, 1.807) is 4.72 Å². The minimum absolute atomic E-state index is 0.00125. The quantitative estimate of drug-likeness (QED) is 0.795. The summed E-state index contributed by atoms with van der Waals surface area (Å²) in [6.07, 6.45) is 1.75. The highest BCUT2D eigenvalue weighted by Crippen LogP contribution is 2.27. The third kappa shape index (κ3) is 3.33. The molecule has 0 amide bonds. The summed E-state index contributed by atoms with van der Waals surface area (Å²) in [4.78, 5) is 0. The van der Waals surface area contributed by atoms with Crippen LogP contribution in [0, 0.1) is 5.92 Å². The van der Waals surface area contributed by atoms with Crippen LogP contribution in [0.2, 0.25) is 0 Å². The largest absolute Gasteiger partial charge is 0.511 e. The zero-order chi connectivity index (χ0) is 12.4. The van der Waals surface area contributed by atoms with E-state index >= 15 is 0 Å². The van der Waals surface area contributed by atoms with Gasteiger partial charge < -0.3 is 5.11 Å². The van der Waals surface area contributed by atoms with E-state index in [-0.39, 0.29) is 12.5 Å². The Morgan fingerprint density at radius 1 is 1.19 bits per heavy atom. The Morgan fingerprint density at radius 3 is 2.06 bits per heavy atom. The summed E-state index contributed by atoms with van der Waals surface area (Å²) in [5.74, 6) is 0.0756. The normalized spacial score (nSPS) is 28.0. The topological polar surface area (TPSA) is 66.4 Å². The maximum Gasteiger partial charge on any atom is 0.511 e. The van der Waals surface area contributed by atoms with Gasteiger partial charge in [0.25, 0.3) is 0 Å². The Kier molecular flexibility index (Phi) is 4.19. The molecule has 0 radical (unpaired) electrons. The van der Waals surface area contributed by atoms with E-state index in [2.05, 4.69) is 0 Å². The molecule has 0 atom stereocenters. The molecule has 8 heteroatoms. The van der Waals surface area contributed by atoms with Crippen LogP contribution in [0.4, 0.5) is 13.2 Å². The van der Waals surface area contributed by atoms with Crippen molar-refractivity contribution in [3.8, 4) is 0 Å². The van der Waals surface area contributed by atoms with E-state index in [4.69, 9.17) is 5.11 Å². The highest BCUT2D eigenvalue weighted by atomic mass is 32.2. The van der Waals surface area contributed by atoms with Crippen LogP contribution in [-0.4, -0.2) is 31.7 Å². The summed E-state index contributed by atoms with van der Waals surface area (Å²) < 4.78 is 59.3. The number of aliphatic hydroxyl groups excluding tert-OH is 1. The van der Waals surface area contributed by atoms with E-state index < -0.39 is 21.6 Å². The van der Waals surface area contributed by atoms with Crippen molar-refractivity contribution in [2.45, 2.75) is 37.2 Å². The average molecular weight is 261 g/mol. The number of halogens is 3. The van der Waals surface area contributed by atoms with Crippen LogP contribution in [0.3, 0.4) is 0 Å². The second-order valence-corrected chi connectivity index (χ2v) is 5.67. The number of hydrogen-bond acceptors (Lipinski definition) is 3. The van der Waals surface area contributed by atoms with E-state index in [0.29, 0.717) is 25.7 Å². The molecule has 0 aromatic carbocycles. The minimum atomic E-state index is -5.25. The lowest BCUT2D eigenvalue weighted by Gasteiger charge is -2.27. The van der Waals surface area contributed by atoms with Gasteiger partial charge >= 0.3 is 15.5 Å². The molecule has 0 aromatic rings. The summed E-state index contributed by atoms with van der Waals surface area (Å²) in [5.41, 5.74) is -5.25. The van der Waals surface area contributed by atoms with Crippen molar-refractivity contribution in [1.29, 1.82) is 0 Å². The van der Waals surface area contributed by atoms with Gasteiger partial charge in [0.05, 0.1) is 0 Å². The van der Waals surface area contributed by atoms with Gasteiger partial charge in [0.1, 0.15) is 0 Å². The van der Waals surface area contributed by atoms with E-state index in [0.717, 1.165) is 0 Å². The minimum Gasteiger partial charge on any atom is -0.396 e.